The highest BCUT2D eigenvalue weighted by Gasteiger charge is 2.23. The molecule has 1 aromatic carbocycles. The number of benzene rings is 1. The summed E-state index contributed by atoms with van der Waals surface area (Å²) in [7, 11) is 0. The second-order valence-electron chi connectivity index (χ2n) is 4.94. The minimum absolute atomic E-state index is 0.192. The summed E-state index contributed by atoms with van der Waals surface area (Å²) in [5, 5.41) is 13.9. The lowest BCUT2D eigenvalue weighted by atomic mass is 9.80. The van der Waals surface area contributed by atoms with Crippen molar-refractivity contribution in [3.8, 4) is 0 Å². The SMILES string of the molecule is CC(NCc1cc(F)cc([N+](=O)[O-])c1)C1CCC1. The molecular formula is C13H17FN2O2. The van der Waals surface area contributed by atoms with Crippen LogP contribution >= 0.6 is 0 Å². The molecule has 0 amide bonds. The largest absolute Gasteiger partial charge is 0.310 e. The van der Waals surface area contributed by atoms with Gasteiger partial charge in [-0.25, -0.2) is 4.39 Å². The first kappa shape index (κ1) is 13.0. The van der Waals surface area contributed by atoms with E-state index in [2.05, 4.69) is 12.2 Å². The molecule has 0 spiro atoms. The Morgan fingerprint density at radius 3 is 2.78 bits per heavy atom. The van der Waals surface area contributed by atoms with Gasteiger partial charge in [0, 0.05) is 18.7 Å². The third-order valence-corrected chi connectivity index (χ3v) is 3.64. The van der Waals surface area contributed by atoms with E-state index in [1.54, 1.807) is 0 Å². The number of nitro benzene ring substituents is 1. The maximum absolute atomic E-state index is 13.2. The number of halogens is 1. The van der Waals surface area contributed by atoms with Crippen LogP contribution in [0.25, 0.3) is 0 Å². The Labute approximate surface area is 105 Å². The maximum Gasteiger partial charge on any atom is 0.272 e. The predicted molar refractivity (Wildman–Crippen MR) is 66.7 cm³/mol. The van der Waals surface area contributed by atoms with Gasteiger partial charge in [0.15, 0.2) is 0 Å². The summed E-state index contributed by atoms with van der Waals surface area (Å²) in [4.78, 5) is 10.1. The van der Waals surface area contributed by atoms with Crippen LogP contribution in [0, 0.1) is 21.8 Å². The van der Waals surface area contributed by atoms with E-state index < -0.39 is 10.7 Å². The zero-order chi connectivity index (χ0) is 13.1. The molecule has 1 aliphatic rings. The Bertz CT molecular complexity index is 447. The van der Waals surface area contributed by atoms with Gasteiger partial charge in [0.1, 0.15) is 5.82 Å². The van der Waals surface area contributed by atoms with Crippen LogP contribution in [0.1, 0.15) is 31.7 Å². The average molecular weight is 252 g/mol. The molecule has 1 atom stereocenters. The number of rotatable bonds is 5. The molecule has 0 aliphatic heterocycles. The summed E-state index contributed by atoms with van der Waals surface area (Å²) in [6.45, 7) is 2.58. The van der Waals surface area contributed by atoms with E-state index >= 15 is 0 Å². The van der Waals surface area contributed by atoms with Gasteiger partial charge in [0.05, 0.1) is 11.0 Å². The molecule has 0 bridgehead atoms. The van der Waals surface area contributed by atoms with Gasteiger partial charge in [-0.05, 0) is 37.3 Å². The quantitative estimate of drug-likeness (QED) is 0.647. The van der Waals surface area contributed by atoms with Crippen LogP contribution in [0.3, 0.4) is 0 Å². The smallest absolute Gasteiger partial charge is 0.272 e. The standard InChI is InChI=1S/C13H17FN2O2/c1-9(11-3-2-4-11)15-8-10-5-12(14)7-13(6-10)16(17)18/h5-7,9,11,15H,2-4,8H2,1H3. The second kappa shape index (κ2) is 5.44. The van der Waals surface area contributed by atoms with Crippen molar-refractivity contribution < 1.29 is 9.31 Å². The Hall–Kier alpha value is -1.49. The van der Waals surface area contributed by atoms with Crippen molar-refractivity contribution in [1.29, 1.82) is 0 Å². The highest BCUT2D eigenvalue weighted by Crippen LogP contribution is 2.29. The minimum atomic E-state index is -0.568. The number of hydrogen-bond acceptors (Lipinski definition) is 3. The Balaban J connectivity index is 1.97. The summed E-state index contributed by atoms with van der Waals surface area (Å²) >= 11 is 0. The topological polar surface area (TPSA) is 55.2 Å². The van der Waals surface area contributed by atoms with E-state index in [1.807, 2.05) is 0 Å². The van der Waals surface area contributed by atoms with E-state index in [4.69, 9.17) is 0 Å². The molecule has 98 valence electrons. The predicted octanol–water partition coefficient (Wildman–Crippen LogP) is 3.01. The van der Waals surface area contributed by atoms with Crippen LogP contribution in [0.5, 0.6) is 0 Å². The molecule has 18 heavy (non-hydrogen) atoms. The first-order valence-corrected chi connectivity index (χ1v) is 6.23. The van der Waals surface area contributed by atoms with Crippen molar-refractivity contribution in [3.05, 3.63) is 39.7 Å². The third-order valence-electron chi connectivity index (χ3n) is 3.64. The Morgan fingerprint density at radius 1 is 1.50 bits per heavy atom. The lowest BCUT2D eigenvalue weighted by Crippen LogP contribution is -2.36. The first-order chi connectivity index (χ1) is 8.56. The second-order valence-corrected chi connectivity index (χ2v) is 4.94. The van der Waals surface area contributed by atoms with Crippen LogP contribution in [-0.4, -0.2) is 11.0 Å². The van der Waals surface area contributed by atoms with Gasteiger partial charge in [0.25, 0.3) is 5.69 Å². The van der Waals surface area contributed by atoms with Gasteiger partial charge in [-0.2, -0.15) is 0 Å². The molecule has 1 saturated carbocycles. The average Bonchev–Trinajstić information content (AvgIpc) is 2.23. The molecule has 0 heterocycles. The molecule has 0 aromatic heterocycles. The van der Waals surface area contributed by atoms with E-state index in [0.717, 1.165) is 6.07 Å². The van der Waals surface area contributed by atoms with Gasteiger partial charge in [-0.1, -0.05) is 6.42 Å². The molecule has 1 unspecified atom stereocenters. The fraction of sp³-hybridized carbons (Fsp3) is 0.538. The molecule has 5 heteroatoms. The molecule has 4 nitrogen and oxygen atoms in total. The van der Waals surface area contributed by atoms with Crippen LogP contribution in [0.2, 0.25) is 0 Å². The summed E-state index contributed by atoms with van der Waals surface area (Å²) < 4.78 is 13.2. The Morgan fingerprint density at radius 2 is 2.22 bits per heavy atom. The van der Waals surface area contributed by atoms with E-state index in [9.17, 15) is 14.5 Å². The van der Waals surface area contributed by atoms with Crippen molar-refractivity contribution in [3.63, 3.8) is 0 Å². The lowest BCUT2D eigenvalue weighted by Gasteiger charge is -2.32. The zero-order valence-corrected chi connectivity index (χ0v) is 10.4. The molecular weight excluding hydrogens is 235 g/mol. The fourth-order valence-electron chi connectivity index (χ4n) is 2.23. The monoisotopic (exact) mass is 252 g/mol. The van der Waals surface area contributed by atoms with E-state index in [0.29, 0.717) is 24.1 Å². The van der Waals surface area contributed by atoms with E-state index in [1.165, 1.54) is 31.4 Å². The Kier molecular flexibility index (Phi) is 3.91. The van der Waals surface area contributed by atoms with Gasteiger partial charge >= 0.3 is 0 Å². The molecule has 0 saturated heterocycles. The van der Waals surface area contributed by atoms with Crippen LogP contribution in [0.4, 0.5) is 10.1 Å². The van der Waals surface area contributed by atoms with Gasteiger partial charge < -0.3 is 5.32 Å². The van der Waals surface area contributed by atoms with Crippen LogP contribution in [-0.2, 0) is 6.54 Å². The van der Waals surface area contributed by atoms with Gasteiger partial charge in [-0.15, -0.1) is 0 Å². The zero-order valence-electron chi connectivity index (χ0n) is 10.4. The molecule has 0 radical (unpaired) electrons. The number of hydrogen-bond donors (Lipinski definition) is 1. The summed E-state index contributed by atoms with van der Waals surface area (Å²) in [5.74, 6) is 0.130. The van der Waals surface area contributed by atoms with Gasteiger partial charge in [-0.3, -0.25) is 10.1 Å². The summed E-state index contributed by atoms with van der Waals surface area (Å²) in [6.07, 6.45) is 3.75. The number of nitro groups is 1. The van der Waals surface area contributed by atoms with Crippen molar-refractivity contribution in [2.24, 2.45) is 5.92 Å². The normalized spacial score (nSPS) is 17.2. The number of non-ortho nitro benzene ring substituents is 1. The van der Waals surface area contributed by atoms with Crippen LogP contribution < -0.4 is 5.32 Å². The summed E-state index contributed by atoms with van der Waals surface area (Å²) in [6, 6.07) is 4.08. The van der Waals surface area contributed by atoms with Gasteiger partial charge in [0.2, 0.25) is 0 Å². The lowest BCUT2D eigenvalue weighted by molar-refractivity contribution is -0.385. The van der Waals surface area contributed by atoms with Crippen LogP contribution in [0.15, 0.2) is 18.2 Å². The molecule has 1 N–H and O–H groups in total. The first-order valence-electron chi connectivity index (χ1n) is 6.23. The summed E-state index contributed by atoms with van der Waals surface area (Å²) in [5.41, 5.74) is 0.427. The number of nitrogens with one attached hydrogen (secondary N) is 1. The molecule has 2 rings (SSSR count). The van der Waals surface area contributed by atoms with Crippen molar-refractivity contribution in [2.75, 3.05) is 0 Å². The van der Waals surface area contributed by atoms with Crippen molar-refractivity contribution in [1.82, 2.24) is 5.32 Å². The fourth-order valence-corrected chi connectivity index (χ4v) is 2.23. The maximum atomic E-state index is 13.2. The molecule has 1 fully saturated rings. The number of nitrogens with zero attached hydrogens (tertiary/aromatic N) is 1. The highest BCUT2D eigenvalue weighted by molar-refractivity contribution is 5.35. The molecule has 1 aliphatic carbocycles. The van der Waals surface area contributed by atoms with Crippen molar-refractivity contribution >= 4 is 5.69 Å². The minimum Gasteiger partial charge on any atom is -0.310 e. The highest BCUT2D eigenvalue weighted by atomic mass is 19.1. The molecule has 1 aromatic rings. The third kappa shape index (κ3) is 3.04. The van der Waals surface area contributed by atoms with Crippen molar-refractivity contribution in [2.45, 2.75) is 38.8 Å². The van der Waals surface area contributed by atoms with E-state index in [-0.39, 0.29) is 5.69 Å².